The van der Waals surface area contributed by atoms with Crippen LogP contribution in [0.5, 0.6) is 0 Å². The standard InChI is InChI=1S/C18H9B2Br4OP/c19-10-1-12(21)6-16(3-10)26(25,17-4-11(20)2-13(22)7-17)18-8-14(23)5-15(24)9-18/h1-9H. The second kappa shape index (κ2) is 8.13. The molecule has 0 aliphatic heterocycles. The average Bonchev–Trinajstić information content (AvgIpc) is 2.51. The van der Waals surface area contributed by atoms with E-state index in [1.54, 1.807) is 24.3 Å². The van der Waals surface area contributed by atoms with Crippen LogP contribution < -0.4 is 26.8 Å². The summed E-state index contributed by atoms with van der Waals surface area (Å²) in [6.07, 6.45) is 0. The van der Waals surface area contributed by atoms with Crippen molar-refractivity contribution >= 4 is 113 Å². The van der Waals surface area contributed by atoms with Crippen molar-refractivity contribution < 1.29 is 4.57 Å². The number of rotatable bonds is 3. The molecule has 0 saturated heterocycles. The fourth-order valence-electron chi connectivity index (χ4n) is 2.72. The van der Waals surface area contributed by atoms with Crippen LogP contribution in [0.25, 0.3) is 0 Å². The predicted octanol–water partition coefficient (Wildman–Crippen LogP) is 3.96. The molecule has 0 aromatic heterocycles. The van der Waals surface area contributed by atoms with Crippen molar-refractivity contribution in [2.24, 2.45) is 0 Å². The van der Waals surface area contributed by atoms with E-state index in [1.807, 2.05) is 30.3 Å². The molecule has 0 saturated carbocycles. The predicted molar refractivity (Wildman–Crippen MR) is 127 cm³/mol. The molecule has 26 heavy (non-hydrogen) atoms. The van der Waals surface area contributed by atoms with Gasteiger partial charge >= 0.3 is 0 Å². The molecule has 3 aromatic carbocycles. The molecule has 0 fully saturated rings. The lowest BCUT2D eigenvalue weighted by molar-refractivity contribution is 0.592. The van der Waals surface area contributed by atoms with Gasteiger partial charge in [0.1, 0.15) is 15.7 Å². The van der Waals surface area contributed by atoms with Gasteiger partial charge in [0.05, 0.1) is 0 Å². The van der Waals surface area contributed by atoms with Gasteiger partial charge in [-0.25, -0.2) is 0 Å². The molecular formula is C18H9B2Br4OP. The van der Waals surface area contributed by atoms with Crippen molar-refractivity contribution in [1.29, 1.82) is 0 Å². The van der Waals surface area contributed by atoms with Crippen LogP contribution in [0, 0.1) is 0 Å². The Balaban J connectivity index is 2.40. The summed E-state index contributed by atoms with van der Waals surface area (Å²) in [6, 6.07) is 16.3. The van der Waals surface area contributed by atoms with Gasteiger partial charge in [-0.3, -0.25) is 0 Å². The molecule has 0 unspecified atom stereocenters. The molecule has 8 heteroatoms. The van der Waals surface area contributed by atoms with Crippen LogP contribution in [0.3, 0.4) is 0 Å². The van der Waals surface area contributed by atoms with Crippen molar-refractivity contribution in [3.8, 4) is 0 Å². The van der Waals surface area contributed by atoms with E-state index in [0.29, 0.717) is 26.8 Å². The Morgan fingerprint density at radius 3 is 1.19 bits per heavy atom. The minimum absolute atomic E-state index is 0.534. The van der Waals surface area contributed by atoms with Crippen LogP contribution in [0.2, 0.25) is 0 Å². The maximum Gasteiger partial charge on any atom is 0.171 e. The Hall–Kier alpha value is -0.0601. The first-order chi connectivity index (χ1) is 12.2. The minimum atomic E-state index is -3.22. The van der Waals surface area contributed by atoms with Gasteiger partial charge < -0.3 is 4.57 Å². The van der Waals surface area contributed by atoms with Gasteiger partial charge in [-0.05, 0) is 30.3 Å². The molecular weight excluding hydrogens is 604 g/mol. The van der Waals surface area contributed by atoms with Gasteiger partial charge in [0.2, 0.25) is 0 Å². The van der Waals surface area contributed by atoms with Crippen molar-refractivity contribution in [3.63, 3.8) is 0 Å². The van der Waals surface area contributed by atoms with E-state index >= 15 is 0 Å². The minimum Gasteiger partial charge on any atom is -0.309 e. The van der Waals surface area contributed by atoms with E-state index in [2.05, 4.69) is 63.7 Å². The lowest BCUT2D eigenvalue weighted by Crippen LogP contribution is -2.29. The molecule has 3 rings (SSSR count). The van der Waals surface area contributed by atoms with Crippen molar-refractivity contribution in [2.45, 2.75) is 0 Å². The fourth-order valence-corrected chi connectivity index (χ4v) is 8.59. The smallest absolute Gasteiger partial charge is 0.171 e. The van der Waals surface area contributed by atoms with E-state index in [0.717, 1.165) is 17.9 Å². The molecule has 0 N–H and O–H groups in total. The Kier molecular flexibility index (Phi) is 6.46. The van der Waals surface area contributed by atoms with Crippen molar-refractivity contribution in [1.82, 2.24) is 0 Å². The zero-order chi connectivity index (χ0) is 19.1. The maximum absolute atomic E-state index is 14.5. The average molecular weight is 613 g/mol. The number of benzene rings is 3. The van der Waals surface area contributed by atoms with Crippen LogP contribution in [0.15, 0.2) is 72.5 Å². The molecule has 126 valence electrons. The lowest BCUT2D eigenvalue weighted by atomic mass is 9.97. The van der Waals surface area contributed by atoms with E-state index in [4.69, 9.17) is 15.7 Å². The summed E-state index contributed by atoms with van der Waals surface area (Å²) in [4.78, 5) is 0. The summed E-state index contributed by atoms with van der Waals surface area (Å²) < 4.78 is 17.7. The topological polar surface area (TPSA) is 17.1 Å². The summed E-state index contributed by atoms with van der Waals surface area (Å²) in [5.74, 6) is 0. The zero-order valence-electron chi connectivity index (χ0n) is 13.2. The molecule has 1 nitrogen and oxygen atoms in total. The second-order valence-electron chi connectivity index (χ2n) is 5.72. The van der Waals surface area contributed by atoms with Gasteiger partial charge in [-0.1, -0.05) is 98.9 Å². The maximum atomic E-state index is 14.5. The zero-order valence-corrected chi connectivity index (χ0v) is 20.5. The van der Waals surface area contributed by atoms with E-state index < -0.39 is 7.14 Å². The highest BCUT2D eigenvalue weighted by Crippen LogP contribution is 2.44. The number of hydrogen-bond donors (Lipinski definition) is 0. The summed E-state index contributed by atoms with van der Waals surface area (Å²) in [6.45, 7) is 0. The van der Waals surface area contributed by atoms with E-state index in [1.165, 1.54) is 0 Å². The first kappa shape index (κ1) is 20.7. The molecule has 0 atom stereocenters. The van der Waals surface area contributed by atoms with Gasteiger partial charge in [-0.15, -0.1) is 0 Å². The van der Waals surface area contributed by atoms with Crippen LogP contribution >= 0.6 is 70.9 Å². The first-order valence-electron chi connectivity index (χ1n) is 7.38. The SMILES string of the molecule is [B]c1cc(Br)cc(P(=O)(c2cc([B])cc(Br)c2)c2cc(Br)cc(Br)c2)c1. The van der Waals surface area contributed by atoms with Gasteiger partial charge in [0.25, 0.3) is 0 Å². The monoisotopic (exact) mass is 610 g/mol. The Morgan fingerprint density at radius 2 is 0.846 bits per heavy atom. The molecule has 4 radical (unpaired) electrons. The third-order valence-corrected chi connectivity index (χ3v) is 8.54. The van der Waals surface area contributed by atoms with Crippen LogP contribution in [-0.2, 0) is 4.57 Å². The molecule has 0 heterocycles. The highest BCUT2D eigenvalue weighted by molar-refractivity contribution is 9.11. The summed E-state index contributed by atoms with van der Waals surface area (Å²) in [7, 11) is 8.84. The third-order valence-electron chi connectivity index (χ3n) is 3.75. The molecule has 0 amide bonds. The highest BCUT2D eigenvalue weighted by Gasteiger charge is 2.31. The highest BCUT2D eigenvalue weighted by atomic mass is 79.9. The molecule has 0 aliphatic rings. The lowest BCUT2D eigenvalue weighted by Gasteiger charge is -2.22. The van der Waals surface area contributed by atoms with Gasteiger partial charge in [0.15, 0.2) is 7.14 Å². The Morgan fingerprint density at radius 1 is 0.538 bits per heavy atom. The first-order valence-corrected chi connectivity index (χ1v) is 12.3. The molecule has 0 spiro atoms. The van der Waals surface area contributed by atoms with Gasteiger partial charge in [0, 0.05) is 33.8 Å². The number of hydrogen-bond acceptors (Lipinski definition) is 1. The third kappa shape index (κ3) is 4.33. The second-order valence-corrected chi connectivity index (χ2v) is 12.2. The molecule has 3 aromatic rings. The summed E-state index contributed by atoms with van der Waals surface area (Å²) in [5.41, 5.74) is 1.07. The normalized spacial score (nSPS) is 11.5. The summed E-state index contributed by atoms with van der Waals surface area (Å²) >= 11 is 13.9. The van der Waals surface area contributed by atoms with Crippen LogP contribution in [-0.4, -0.2) is 15.7 Å². The quantitative estimate of drug-likeness (QED) is 0.323. The molecule has 0 aliphatic carbocycles. The van der Waals surface area contributed by atoms with Gasteiger partial charge in [-0.2, -0.15) is 0 Å². The van der Waals surface area contributed by atoms with Crippen LogP contribution in [0.1, 0.15) is 0 Å². The Bertz CT molecular complexity index is 863. The molecule has 0 bridgehead atoms. The van der Waals surface area contributed by atoms with Crippen molar-refractivity contribution in [3.05, 3.63) is 72.5 Å². The fraction of sp³-hybridized carbons (Fsp3) is 0. The Labute approximate surface area is 189 Å². The van der Waals surface area contributed by atoms with E-state index in [9.17, 15) is 4.57 Å². The summed E-state index contributed by atoms with van der Waals surface area (Å²) in [5, 5.41) is 1.94. The van der Waals surface area contributed by atoms with Crippen molar-refractivity contribution in [2.75, 3.05) is 0 Å². The largest absolute Gasteiger partial charge is 0.309 e. The van der Waals surface area contributed by atoms with E-state index in [-0.39, 0.29) is 0 Å². The van der Waals surface area contributed by atoms with Crippen LogP contribution in [0.4, 0.5) is 0 Å². The number of halogens is 4.